The number of hydrogen-bond donors (Lipinski definition) is 3. The number of carbonyl (C=O) groups is 1. The lowest BCUT2D eigenvalue weighted by Gasteiger charge is -2.26. The topological polar surface area (TPSA) is 105 Å². The smallest absolute Gasteiger partial charge is 0.391 e. The summed E-state index contributed by atoms with van der Waals surface area (Å²) in [5, 5.41) is 14.0. The Morgan fingerprint density at radius 3 is 1.23 bits per heavy atom. The Morgan fingerprint density at radius 1 is 0.493 bits per heavy atom. The van der Waals surface area contributed by atoms with Gasteiger partial charge >= 0.3 is 7.82 Å². The highest BCUT2D eigenvalue weighted by molar-refractivity contribution is 7.47. The van der Waals surface area contributed by atoms with Crippen LogP contribution in [0.15, 0.2) is 134 Å². The van der Waals surface area contributed by atoms with Crippen molar-refractivity contribution in [2.45, 2.75) is 212 Å². The number of nitrogens with zero attached hydrogens (tertiary/aromatic N) is 1. The number of unbranched alkanes of at least 4 members (excludes halogenated alkanes) is 14. The molecule has 0 aromatic carbocycles. The second-order valence-electron chi connectivity index (χ2n) is 19.6. The zero-order valence-corrected chi connectivity index (χ0v) is 46.8. The molecule has 0 aliphatic rings. The summed E-state index contributed by atoms with van der Waals surface area (Å²) in [5.41, 5.74) is 0. The van der Waals surface area contributed by atoms with E-state index in [1.165, 1.54) is 57.8 Å². The van der Waals surface area contributed by atoms with Gasteiger partial charge in [0, 0.05) is 6.42 Å². The van der Waals surface area contributed by atoms with E-state index in [0.29, 0.717) is 23.9 Å². The molecule has 0 saturated heterocycles. The average Bonchev–Trinajstić information content (AvgIpc) is 3.33. The Kier molecular flexibility index (Phi) is 49.1. The highest BCUT2D eigenvalue weighted by Gasteiger charge is 2.28. The maximum absolute atomic E-state index is 12.9. The summed E-state index contributed by atoms with van der Waals surface area (Å²) in [5.74, 6) is -0.183. The van der Waals surface area contributed by atoms with Gasteiger partial charge in [0.2, 0.25) is 5.91 Å². The van der Waals surface area contributed by atoms with Crippen molar-refractivity contribution in [1.29, 1.82) is 0 Å². The van der Waals surface area contributed by atoms with Crippen LogP contribution in [0.4, 0.5) is 0 Å². The molecule has 0 bridgehead atoms. The molecule has 3 N–H and O–H groups in total. The predicted octanol–water partition coefficient (Wildman–Crippen LogP) is 17.1. The number of aliphatic hydroxyl groups is 1. The van der Waals surface area contributed by atoms with Gasteiger partial charge < -0.3 is 19.8 Å². The highest BCUT2D eigenvalue weighted by atomic mass is 31.2. The molecule has 0 saturated carbocycles. The van der Waals surface area contributed by atoms with Crippen molar-refractivity contribution < 1.29 is 32.9 Å². The quantitative estimate of drug-likeness (QED) is 0.0243. The molecule has 0 fully saturated rings. The first-order chi connectivity index (χ1) is 34.5. The molecular formula is C62H106N2O6P+. The van der Waals surface area contributed by atoms with E-state index in [4.69, 9.17) is 9.05 Å². The second-order valence-corrected chi connectivity index (χ2v) is 21.0. The van der Waals surface area contributed by atoms with Crippen LogP contribution >= 0.6 is 7.82 Å². The lowest BCUT2D eigenvalue weighted by atomic mass is 10.0. The summed E-state index contributed by atoms with van der Waals surface area (Å²) in [6, 6.07) is -0.787. The van der Waals surface area contributed by atoms with Gasteiger partial charge in [-0.15, -0.1) is 0 Å². The van der Waals surface area contributed by atoms with Crippen LogP contribution in [0.5, 0.6) is 0 Å². The fourth-order valence-corrected chi connectivity index (χ4v) is 8.02. The number of rotatable bonds is 49. The number of likely N-dealkylation sites (N-methyl/N-ethyl adjacent to an activating group) is 1. The summed E-state index contributed by atoms with van der Waals surface area (Å²) >= 11 is 0. The molecule has 71 heavy (non-hydrogen) atoms. The van der Waals surface area contributed by atoms with Gasteiger partial charge in [0.15, 0.2) is 0 Å². The van der Waals surface area contributed by atoms with Crippen molar-refractivity contribution in [2.75, 3.05) is 40.9 Å². The van der Waals surface area contributed by atoms with Crippen LogP contribution in [0.2, 0.25) is 0 Å². The maximum Gasteiger partial charge on any atom is 0.472 e. The van der Waals surface area contributed by atoms with Gasteiger partial charge in [-0.2, -0.15) is 0 Å². The van der Waals surface area contributed by atoms with Crippen LogP contribution < -0.4 is 5.32 Å². The number of nitrogens with one attached hydrogen (secondary N) is 1. The van der Waals surface area contributed by atoms with Gasteiger partial charge in [-0.3, -0.25) is 13.8 Å². The first-order valence-electron chi connectivity index (χ1n) is 28.0. The number of allylic oxidation sites excluding steroid dienone is 22. The maximum atomic E-state index is 12.9. The van der Waals surface area contributed by atoms with E-state index in [-0.39, 0.29) is 19.1 Å². The van der Waals surface area contributed by atoms with Gasteiger partial charge in [-0.05, 0) is 96.3 Å². The van der Waals surface area contributed by atoms with Crippen LogP contribution in [0.25, 0.3) is 0 Å². The van der Waals surface area contributed by atoms with E-state index in [2.05, 4.69) is 153 Å². The summed E-state index contributed by atoms with van der Waals surface area (Å²) in [4.78, 5) is 23.2. The number of carbonyl (C=O) groups excluding carboxylic acids is 1. The SMILES string of the molecule is CC/C=C\C/C=C\C/C=C\C/C=C\C/C=C\C/C=C\C/C=C\C/C=C\C/C=C\C/C=C\C/C=C\CCCCCC(=O)NC(COP(=O)(O)OCC[N+](C)(C)C)C(O)CCCCCCCCCCCCCC. The summed E-state index contributed by atoms with van der Waals surface area (Å²) in [6.45, 7) is 4.72. The molecule has 0 heterocycles. The van der Waals surface area contributed by atoms with Gasteiger partial charge in [0.1, 0.15) is 13.2 Å². The molecule has 8 nitrogen and oxygen atoms in total. The molecule has 0 aliphatic heterocycles. The third kappa shape index (κ3) is 54.3. The number of phosphoric acid groups is 1. The Morgan fingerprint density at radius 2 is 0.845 bits per heavy atom. The van der Waals surface area contributed by atoms with E-state index < -0.39 is 20.0 Å². The Bertz CT molecular complexity index is 1610. The van der Waals surface area contributed by atoms with Gasteiger partial charge in [-0.1, -0.05) is 231 Å². The molecule has 0 rings (SSSR count). The van der Waals surface area contributed by atoms with Crippen LogP contribution in [0.1, 0.15) is 200 Å². The molecule has 0 aromatic rings. The first-order valence-corrected chi connectivity index (χ1v) is 29.5. The Hall–Kier alpha value is -3.36. The van der Waals surface area contributed by atoms with Crippen molar-refractivity contribution in [2.24, 2.45) is 0 Å². The van der Waals surface area contributed by atoms with E-state index in [1.54, 1.807) is 0 Å². The molecule has 0 radical (unpaired) electrons. The number of phosphoric ester groups is 1. The molecule has 0 spiro atoms. The minimum atomic E-state index is -4.34. The lowest BCUT2D eigenvalue weighted by Crippen LogP contribution is -2.46. The normalized spacial score (nSPS) is 15.0. The van der Waals surface area contributed by atoms with Crippen molar-refractivity contribution in [3.8, 4) is 0 Å². The largest absolute Gasteiger partial charge is 0.472 e. The molecule has 404 valence electrons. The zero-order chi connectivity index (χ0) is 52.0. The average molecular weight is 1010 g/mol. The highest BCUT2D eigenvalue weighted by Crippen LogP contribution is 2.43. The van der Waals surface area contributed by atoms with Crippen LogP contribution in [-0.2, 0) is 18.4 Å². The molecule has 3 atom stereocenters. The van der Waals surface area contributed by atoms with Gasteiger partial charge in [-0.25, -0.2) is 4.57 Å². The fourth-order valence-electron chi connectivity index (χ4n) is 7.28. The van der Waals surface area contributed by atoms with Crippen molar-refractivity contribution in [3.05, 3.63) is 134 Å². The molecule has 0 aromatic heterocycles. The van der Waals surface area contributed by atoms with Crippen molar-refractivity contribution in [1.82, 2.24) is 5.32 Å². The molecule has 0 aliphatic carbocycles. The Labute approximate surface area is 436 Å². The number of quaternary nitrogens is 1. The fraction of sp³-hybridized carbons (Fsp3) is 0.629. The second kappa shape index (κ2) is 51.5. The Balaban J connectivity index is 4.22. The summed E-state index contributed by atoms with van der Waals surface area (Å²) in [7, 11) is 1.57. The molecule has 1 amide bonds. The summed E-state index contributed by atoms with van der Waals surface area (Å²) < 4.78 is 23.7. The minimum Gasteiger partial charge on any atom is -0.391 e. The molecule has 3 unspecified atom stereocenters. The standard InChI is InChI=1S/C62H105N2O6P/c1-6-8-10-12-14-16-18-20-21-22-23-24-25-26-27-28-29-30-31-32-33-34-35-36-37-38-39-40-41-42-43-44-46-48-50-52-54-56-62(66)63-60(59-70-71(67,68)69-58-57-64(3,4)5)61(65)55-53-51-49-47-45-19-17-15-13-11-9-7-2/h8,10,14,16,20-21,23-24,26-27,29-30,32-33,35-36,38-39,41-42,44,46,60-61,65H,6-7,9,11-13,15,17-19,22,25,28,31,34,37,40,43,45,47-59H2,1-5H3,(H-,63,66,67,68)/p+1/b10-8-,16-14-,21-20-,24-23-,27-26-,30-29-,33-32-,36-35-,39-38-,42-41-,46-44-. The predicted molar refractivity (Wildman–Crippen MR) is 308 cm³/mol. The summed E-state index contributed by atoms with van der Waals surface area (Å²) in [6.07, 6.45) is 78.0. The van der Waals surface area contributed by atoms with Crippen molar-refractivity contribution >= 4 is 13.7 Å². The monoisotopic (exact) mass is 1010 g/mol. The van der Waals surface area contributed by atoms with E-state index in [1.807, 2.05) is 21.1 Å². The zero-order valence-electron chi connectivity index (χ0n) is 45.9. The minimum absolute atomic E-state index is 0.0605. The van der Waals surface area contributed by atoms with E-state index in [0.717, 1.165) is 116 Å². The number of aliphatic hydroxyl groups excluding tert-OH is 1. The third-order valence-corrected chi connectivity index (χ3v) is 12.6. The van der Waals surface area contributed by atoms with Gasteiger partial charge in [0.05, 0.1) is 39.9 Å². The first kappa shape index (κ1) is 67.6. The number of hydrogen-bond acceptors (Lipinski definition) is 5. The molecule has 9 heteroatoms. The number of amides is 1. The third-order valence-electron chi connectivity index (χ3n) is 11.7. The van der Waals surface area contributed by atoms with Crippen LogP contribution in [0.3, 0.4) is 0 Å². The van der Waals surface area contributed by atoms with E-state index >= 15 is 0 Å². The van der Waals surface area contributed by atoms with Crippen LogP contribution in [0, 0.1) is 0 Å². The van der Waals surface area contributed by atoms with E-state index in [9.17, 15) is 19.4 Å². The molecular weight excluding hydrogens is 900 g/mol. The van der Waals surface area contributed by atoms with Crippen LogP contribution in [-0.4, -0.2) is 73.4 Å². The van der Waals surface area contributed by atoms with Gasteiger partial charge in [0.25, 0.3) is 0 Å². The van der Waals surface area contributed by atoms with Crippen molar-refractivity contribution in [3.63, 3.8) is 0 Å². The lowest BCUT2D eigenvalue weighted by molar-refractivity contribution is -0.870.